The molecule has 2 unspecified atom stereocenters. The van der Waals surface area contributed by atoms with Gasteiger partial charge < -0.3 is 15.1 Å². The molecule has 1 aromatic rings. The third kappa shape index (κ3) is 3.56. The van der Waals surface area contributed by atoms with E-state index in [4.69, 9.17) is 0 Å². The van der Waals surface area contributed by atoms with Crippen LogP contribution in [0.15, 0.2) is 28.7 Å². The molecule has 0 aliphatic carbocycles. The van der Waals surface area contributed by atoms with Crippen LogP contribution in [0.5, 0.6) is 0 Å². The van der Waals surface area contributed by atoms with Gasteiger partial charge in [0.05, 0.1) is 11.6 Å². The molecule has 1 aromatic carbocycles. The van der Waals surface area contributed by atoms with Crippen molar-refractivity contribution in [2.45, 2.75) is 58.1 Å². The van der Waals surface area contributed by atoms with Crippen molar-refractivity contribution < 1.29 is 15.0 Å². The van der Waals surface area contributed by atoms with E-state index in [1.54, 1.807) is 4.90 Å². The number of carbonyl (C=O) groups is 1. The summed E-state index contributed by atoms with van der Waals surface area (Å²) in [6.45, 7) is 6.87. The van der Waals surface area contributed by atoms with Gasteiger partial charge in [-0.15, -0.1) is 0 Å². The van der Waals surface area contributed by atoms with E-state index >= 15 is 0 Å². The second-order valence-electron chi connectivity index (χ2n) is 7.40. The summed E-state index contributed by atoms with van der Waals surface area (Å²) in [4.78, 5) is 13.3. The standard InChI is InChI=1S/C18H26BrNO3/c1-17(2,3)18(10-6-12-20(18)16(22)23)11-9-15(21)13-7-4-5-8-14(13)19/h4-5,7-8,15,21H,6,9-12H2,1-3H3,(H,22,23). The molecule has 23 heavy (non-hydrogen) atoms. The Kier molecular flexibility index (Phi) is 5.41. The van der Waals surface area contributed by atoms with Crippen molar-refractivity contribution in [2.24, 2.45) is 5.41 Å². The molecule has 0 radical (unpaired) electrons. The summed E-state index contributed by atoms with van der Waals surface area (Å²) in [6.07, 6.45) is 1.49. The van der Waals surface area contributed by atoms with Crippen LogP contribution >= 0.6 is 15.9 Å². The average Bonchev–Trinajstić information content (AvgIpc) is 2.90. The van der Waals surface area contributed by atoms with E-state index < -0.39 is 17.7 Å². The smallest absolute Gasteiger partial charge is 0.407 e. The van der Waals surface area contributed by atoms with Crippen molar-refractivity contribution >= 4 is 22.0 Å². The second kappa shape index (κ2) is 6.81. The molecule has 1 amide bonds. The minimum Gasteiger partial charge on any atom is -0.465 e. The normalized spacial score (nSPS) is 23.1. The Morgan fingerprint density at radius 1 is 1.39 bits per heavy atom. The fraction of sp³-hybridized carbons (Fsp3) is 0.611. The number of nitrogens with zero attached hydrogens (tertiary/aromatic N) is 1. The van der Waals surface area contributed by atoms with Gasteiger partial charge in [-0.1, -0.05) is 54.9 Å². The van der Waals surface area contributed by atoms with E-state index in [9.17, 15) is 15.0 Å². The average molecular weight is 384 g/mol. The second-order valence-corrected chi connectivity index (χ2v) is 8.25. The van der Waals surface area contributed by atoms with Gasteiger partial charge in [0, 0.05) is 11.0 Å². The lowest BCUT2D eigenvalue weighted by Gasteiger charge is -2.47. The predicted octanol–water partition coefficient (Wildman–Crippen LogP) is 4.82. The van der Waals surface area contributed by atoms with Gasteiger partial charge in [-0.25, -0.2) is 4.79 Å². The number of carboxylic acid groups (broad SMARTS) is 1. The summed E-state index contributed by atoms with van der Waals surface area (Å²) in [5.41, 5.74) is 0.271. The van der Waals surface area contributed by atoms with Gasteiger partial charge in [-0.3, -0.25) is 0 Å². The van der Waals surface area contributed by atoms with Crippen LogP contribution in [0.4, 0.5) is 4.79 Å². The van der Waals surface area contributed by atoms with Gasteiger partial charge in [0.25, 0.3) is 0 Å². The maximum atomic E-state index is 11.7. The van der Waals surface area contributed by atoms with Crippen LogP contribution in [-0.2, 0) is 0 Å². The lowest BCUT2D eigenvalue weighted by atomic mass is 9.69. The molecule has 1 heterocycles. The number of hydrogen-bond donors (Lipinski definition) is 2. The van der Waals surface area contributed by atoms with Gasteiger partial charge in [0.1, 0.15) is 0 Å². The van der Waals surface area contributed by atoms with Crippen LogP contribution < -0.4 is 0 Å². The SMILES string of the molecule is CC(C)(C)C1(CCC(O)c2ccccc2Br)CCCN1C(=O)O. The Morgan fingerprint density at radius 3 is 2.61 bits per heavy atom. The van der Waals surface area contributed by atoms with Gasteiger partial charge in [0.15, 0.2) is 0 Å². The minimum absolute atomic E-state index is 0.171. The van der Waals surface area contributed by atoms with E-state index in [1.165, 1.54) is 0 Å². The highest BCUT2D eigenvalue weighted by Gasteiger charge is 2.51. The van der Waals surface area contributed by atoms with E-state index in [0.717, 1.165) is 22.9 Å². The predicted molar refractivity (Wildman–Crippen MR) is 94.5 cm³/mol. The monoisotopic (exact) mass is 383 g/mol. The third-order valence-electron chi connectivity index (χ3n) is 5.21. The Balaban J connectivity index is 2.20. The number of benzene rings is 1. The summed E-state index contributed by atoms with van der Waals surface area (Å²) in [5.74, 6) is 0. The molecule has 0 bridgehead atoms. The fourth-order valence-electron chi connectivity index (χ4n) is 3.85. The van der Waals surface area contributed by atoms with Crippen LogP contribution in [0.1, 0.15) is 58.1 Å². The number of amides is 1. The molecule has 2 N–H and O–H groups in total. The highest BCUT2D eigenvalue weighted by molar-refractivity contribution is 9.10. The summed E-state index contributed by atoms with van der Waals surface area (Å²) >= 11 is 3.47. The quantitative estimate of drug-likeness (QED) is 0.782. The molecular weight excluding hydrogens is 358 g/mol. The van der Waals surface area contributed by atoms with Crippen molar-refractivity contribution in [3.8, 4) is 0 Å². The van der Waals surface area contributed by atoms with Gasteiger partial charge in [-0.2, -0.15) is 0 Å². The Hall–Kier alpha value is -1.07. The number of halogens is 1. The highest BCUT2D eigenvalue weighted by atomic mass is 79.9. The molecular formula is C18H26BrNO3. The van der Waals surface area contributed by atoms with E-state index in [0.29, 0.717) is 19.4 Å². The van der Waals surface area contributed by atoms with Crippen LogP contribution in [-0.4, -0.2) is 33.3 Å². The summed E-state index contributed by atoms with van der Waals surface area (Å²) < 4.78 is 0.888. The van der Waals surface area contributed by atoms with Crippen molar-refractivity contribution in [3.05, 3.63) is 34.3 Å². The Labute approximate surface area is 146 Å². The molecule has 1 saturated heterocycles. The topological polar surface area (TPSA) is 60.8 Å². The Bertz CT molecular complexity index is 570. The molecule has 0 aromatic heterocycles. The van der Waals surface area contributed by atoms with Crippen LogP contribution in [0.3, 0.4) is 0 Å². The van der Waals surface area contributed by atoms with Crippen molar-refractivity contribution in [3.63, 3.8) is 0 Å². The molecule has 1 aliphatic heterocycles. The Morgan fingerprint density at radius 2 is 2.04 bits per heavy atom. The molecule has 4 nitrogen and oxygen atoms in total. The van der Waals surface area contributed by atoms with E-state index in [2.05, 4.69) is 36.7 Å². The number of likely N-dealkylation sites (tertiary alicyclic amines) is 1. The largest absolute Gasteiger partial charge is 0.465 e. The van der Waals surface area contributed by atoms with Gasteiger partial charge in [-0.05, 0) is 42.7 Å². The van der Waals surface area contributed by atoms with Crippen LogP contribution in [0.25, 0.3) is 0 Å². The fourth-order valence-corrected chi connectivity index (χ4v) is 4.40. The molecule has 1 fully saturated rings. The first-order chi connectivity index (χ1) is 10.7. The molecule has 0 spiro atoms. The maximum Gasteiger partial charge on any atom is 0.407 e. The lowest BCUT2D eigenvalue weighted by Crippen LogP contribution is -2.55. The molecule has 1 aliphatic rings. The van der Waals surface area contributed by atoms with Crippen LogP contribution in [0, 0.1) is 5.41 Å². The van der Waals surface area contributed by atoms with E-state index in [-0.39, 0.29) is 5.41 Å². The molecule has 2 rings (SSSR count). The first-order valence-corrected chi connectivity index (χ1v) is 8.91. The first kappa shape index (κ1) is 18.3. The molecule has 5 heteroatoms. The number of aliphatic hydroxyl groups excluding tert-OH is 1. The summed E-state index contributed by atoms with van der Waals surface area (Å²) in [5, 5.41) is 20.2. The number of rotatable bonds is 4. The lowest BCUT2D eigenvalue weighted by molar-refractivity contribution is 0.0122. The van der Waals surface area contributed by atoms with Crippen molar-refractivity contribution in [2.75, 3.05) is 6.54 Å². The molecule has 2 atom stereocenters. The van der Waals surface area contributed by atoms with Crippen LogP contribution in [0.2, 0.25) is 0 Å². The number of hydrogen-bond acceptors (Lipinski definition) is 2. The number of aliphatic hydroxyl groups is 1. The molecule has 128 valence electrons. The zero-order valence-corrected chi connectivity index (χ0v) is 15.6. The molecule has 0 saturated carbocycles. The minimum atomic E-state index is -0.854. The zero-order valence-electron chi connectivity index (χ0n) is 14.1. The van der Waals surface area contributed by atoms with Crippen molar-refractivity contribution in [1.29, 1.82) is 0 Å². The highest BCUT2D eigenvalue weighted by Crippen LogP contribution is 2.47. The summed E-state index contributed by atoms with van der Waals surface area (Å²) in [6, 6.07) is 7.64. The van der Waals surface area contributed by atoms with E-state index in [1.807, 2.05) is 24.3 Å². The maximum absolute atomic E-state index is 11.7. The summed E-state index contributed by atoms with van der Waals surface area (Å²) in [7, 11) is 0. The van der Waals surface area contributed by atoms with Crippen molar-refractivity contribution in [1.82, 2.24) is 4.90 Å². The third-order valence-corrected chi connectivity index (χ3v) is 5.93. The van der Waals surface area contributed by atoms with Gasteiger partial charge >= 0.3 is 6.09 Å². The first-order valence-electron chi connectivity index (χ1n) is 8.12. The van der Waals surface area contributed by atoms with Gasteiger partial charge in [0.2, 0.25) is 0 Å². The zero-order chi connectivity index (χ0) is 17.3.